The molecule has 0 aromatic heterocycles. The van der Waals surface area contributed by atoms with E-state index in [1.54, 1.807) is 0 Å². The summed E-state index contributed by atoms with van der Waals surface area (Å²) in [5.41, 5.74) is 0. The van der Waals surface area contributed by atoms with Crippen molar-refractivity contribution in [2.45, 2.75) is 25.7 Å². The van der Waals surface area contributed by atoms with E-state index in [2.05, 4.69) is 11.8 Å². The molecule has 2 heterocycles. The molecule has 0 aromatic carbocycles. The van der Waals surface area contributed by atoms with Gasteiger partial charge in [0.15, 0.2) is 0 Å². The second kappa shape index (κ2) is 6.05. The van der Waals surface area contributed by atoms with Crippen molar-refractivity contribution < 1.29 is 4.74 Å². The molecule has 0 amide bonds. The van der Waals surface area contributed by atoms with Crippen LogP contribution in [0.5, 0.6) is 0 Å². The van der Waals surface area contributed by atoms with Crippen LogP contribution in [0.3, 0.4) is 0 Å². The number of hydrogen-bond acceptors (Lipinski definition) is 2. The number of hydrogen-bond donors (Lipinski definition) is 0. The van der Waals surface area contributed by atoms with Gasteiger partial charge in [0.25, 0.3) is 0 Å². The molecule has 0 saturated carbocycles. The van der Waals surface area contributed by atoms with Gasteiger partial charge in [0.05, 0.1) is 0 Å². The third kappa shape index (κ3) is 4.18. The summed E-state index contributed by atoms with van der Waals surface area (Å²) in [7, 11) is 0. The highest BCUT2D eigenvalue weighted by Gasteiger charge is 1.95. The molecular weight excluding hydrogens is 144 g/mol. The summed E-state index contributed by atoms with van der Waals surface area (Å²) in [6.07, 6.45) is 5.48. The molecule has 0 N–H and O–H groups in total. The molecule has 10 heavy (non-hydrogen) atoms. The maximum Gasteiger partial charge on any atom is 0.0466 e. The predicted molar refractivity (Wildman–Crippen MR) is 46.6 cm³/mol. The predicted octanol–water partition coefficient (Wildman–Crippen LogP) is 2.31. The van der Waals surface area contributed by atoms with E-state index in [1.165, 1.54) is 37.2 Å². The van der Waals surface area contributed by atoms with Gasteiger partial charge in [0.2, 0.25) is 0 Å². The first-order chi connectivity index (χ1) is 5.00. The lowest BCUT2D eigenvalue weighted by atomic mass is 10.4. The number of thioether (sulfide) groups is 1. The third-order valence-electron chi connectivity index (χ3n) is 1.65. The second-order valence-electron chi connectivity index (χ2n) is 2.64. The van der Waals surface area contributed by atoms with E-state index >= 15 is 0 Å². The van der Waals surface area contributed by atoms with E-state index in [9.17, 15) is 0 Å². The Morgan fingerprint density at radius 3 is 1.60 bits per heavy atom. The Labute approximate surface area is 67.5 Å². The van der Waals surface area contributed by atoms with Crippen molar-refractivity contribution in [3.05, 3.63) is 0 Å². The van der Waals surface area contributed by atoms with E-state index in [1.807, 2.05) is 0 Å². The van der Waals surface area contributed by atoms with Crippen LogP contribution in [-0.2, 0) is 4.74 Å². The van der Waals surface area contributed by atoms with E-state index in [4.69, 9.17) is 4.74 Å². The maximum atomic E-state index is 4.94. The molecule has 0 unspecified atom stereocenters. The van der Waals surface area contributed by atoms with E-state index in [0.717, 1.165) is 13.2 Å². The number of ether oxygens (including phenoxy) is 1. The standard InChI is InChI=1S/C4H8O.C4H8S/c2*1-2-4-5-3-1/h2*1-4H2. The van der Waals surface area contributed by atoms with Gasteiger partial charge in [0, 0.05) is 13.2 Å². The molecule has 2 aliphatic rings. The highest BCUT2D eigenvalue weighted by atomic mass is 32.2. The third-order valence-corrected chi connectivity index (χ3v) is 2.81. The molecule has 2 aliphatic heterocycles. The number of rotatable bonds is 0. The van der Waals surface area contributed by atoms with Gasteiger partial charge in [0.1, 0.15) is 0 Å². The fourth-order valence-corrected chi connectivity index (χ4v) is 2.04. The first-order valence-corrected chi connectivity index (χ1v) is 5.31. The molecule has 60 valence electrons. The van der Waals surface area contributed by atoms with Gasteiger partial charge in [-0.1, -0.05) is 0 Å². The van der Waals surface area contributed by atoms with E-state index in [-0.39, 0.29) is 0 Å². The highest BCUT2D eigenvalue weighted by molar-refractivity contribution is 7.99. The lowest BCUT2D eigenvalue weighted by Gasteiger charge is -1.76. The average Bonchev–Trinajstić information content (AvgIpc) is 2.67. The van der Waals surface area contributed by atoms with Crippen molar-refractivity contribution in [3.8, 4) is 0 Å². The minimum absolute atomic E-state index is 1.00. The molecule has 2 heteroatoms. The Balaban J connectivity index is 0.0000001000. The highest BCUT2D eigenvalue weighted by Crippen LogP contribution is 2.14. The van der Waals surface area contributed by atoms with Crippen LogP contribution >= 0.6 is 11.8 Å². The largest absolute Gasteiger partial charge is 0.381 e. The quantitative estimate of drug-likeness (QED) is 0.538. The summed E-state index contributed by atoms with van der Waals surface area (Å²) in [6.45, 7) is 2.00. The van der Waals surface area contributed by atoms with Gasteiger partial charge < -0.3 is 4.74 Å². The van der Waals surface area contributed by atoms with Crippen LogP contribution in [0.25, 0.3) is 0 Å². The van der Waals surface area contributed by atoms with Gasteiger partial charge in [-0.15, -0.1) is 0 Å². The van der Waals surface area contributed by atoms with Gasteiger partial charge in [-0.2, -0.15) is 11.8 Å². The van der Waals surface area contributed by atoms with E-state index < -0.39 is 0 Å². The molecular formula is C8H16OS. The molecule has 1 nitrogen and oxygen atoms in total. The Bertz CT molecular complexity index is 42.4. The molecule has 2 rings (SSSR count). The van der Waals surface area contributed by atoms with Crippen molar-refractivity contribution in [1.82, 2.24) is 0 Å². The topological polar surface area (TPSA) is 9.23 Å². The van der Waals surface area contributed by atoms with Crippen molar-refractivity contribution in [1.29, 1.82) is 0 Å². The second-order valence-corrected chi connectivity index (χ2v) is 3.86. The minimum atomic E-state index is 1.00. The van der Waals surface area contributed by atoms with Crippen LogP contribution in [0.4, 0.5) is 0 Å². The lowest BCUT2D eigenvalue weighted by molar-refractivity contribution is 0.198. The van der Waals surface area contributed by atoms with Gasteiger partial charge >= 0.3 is 0 Å². The lowest BCUT2D eigenvalue weighted by Crippen LogP contribution is -1.74. The van der Waals surface area contributed by atoms with Crippen LogP contribution in [0.1, 0.15) is 25.7 Å². The zero-order valence-corrected chi connectivity index (χ0v) is 7.29. The minimum Gasteiger partial charge on any atom is -0.381 e. The molecule has 0 atom stereocenters. The zero-order chi connectivity index (χ0) is 7.07. The van der Waals surface area contributed by atoms with Crippen LogP contribution in [-0.4, -0.2) is 24.7 Å². The molecule has 0 bridgehead atoms. The Hall–Kier alpha value is 0.310. The van der Waals surface area contributed by atoms with Crippen molar-refractivity contribution >= 4 is 11.8 Å². The summed E-state index contributed by atoms with van der Waals surface area (Å²) in [5, 5.41) is 0. The van der Waals surface area contributed by atoms with Crippen molar-refractivity contribution in [3.63, 3.8) is 0 Å². The van der Waals surface area contributed by atoms with E-state index in [0.29, 0.717) is 0 Å². The normalized spacial score (nSPS) is 24.0. The summed E-state index contributed by atoms with van der Waals surface area (Å²) in [4.78, 5) is 0. The SMILES string of the molecule is C1CCOC1.C1CCSC1. The monoisotopic (exact) mass is 160 g/mol. The van der Waals surface area contributed by atoms with Crippen LogP contribution in [0.15, 0.2) is 0 Å². The fraction of sp³-hybridized carbons (Fsp3) is 1.00. The first kappa shape index (κ1) is 8.41. The van der Waals surface area contributed by atoms with Crippen molar-refractivity contribution in [2.24, 2.45) is 0 Å². The van der Waals surface area contributed by atoms with Gasteiger partial charge in [-0.3, -0.25) is 0 Å². The van der Waals surface area contributed by atoms with Crippen molar-refractivity contribution in [2.75, 3.05) is 24.7 Å². The summed E-state index contributed by atoms with van der Waals surface area (Å²) < 4.78 is 4.94. The molecule has 0 spiro atoms. The molecule has 2 fully saturated rings. The molecule has 0 aromatic rings. The summed E-state index contributed by atoms with van der Waals surface area (Å²) in [6, 6.07) is 0. The Morgan fingerprint density at radius 2 is 1.40 bits per heavy atom. The van der Waals surface area contributed by atoms with Crippen LogP contribution in [0, 0.1) is 0 Å². The first-order valence-electron chi connectivity index (χ1n) is 4.15. The Morgan fingerprint density at radius 1 is 0.800 bits per heavy atom. The molecule has 2 saturated heterocycles. The fourth-order valence-electron chi connectivity index (χ4n) is 1.02. The molecule has 0 aliphatic carbocycles. The maximum absolute atomic E-state index is 4.94. The van der Waals surface area contributed by atoms with Crippen LogP contribution in [0.2, 0.25) is 0 Å². The summed E-state index contributed by atoms with van der Waals surface area (Å²) in [5.74, 6) is 2.83. The summed E-state index contributed by atoms with van der Waals surface area (Å²) >= 11 is 2.07. The average molecular weight is 160 g/mol. The smallest absolute Gasteiger partial charge is 0.0466 e. The van der Waals surface area contributed by atoms with Crippen LogP contribution < -0.4 is 0 Å². The Kier molecular flexibility index (Phi) is 5.08. The zero-order valence-electron chi connectivity index (χ0n) is 6.47. The molecule has 0 radical (unpaired) electrons. The van der Waals surface area contributed by atoms with Gasteiger partial charge in [-0.05, 0) is 37.2 Å². The van der Waals surface area contributed by atoms with Gasteiger partial charge in [-0.25, -0.2) is 0 Å².